The highest BCUT2D eigenvalue weighted by atomic mass is 79.9. The molecule has 2 heterocycles. The van der Waals surface area contributed by atoms with E-state index in [2.05, 4.69) is 20.9 Å². The highest BCUT2D eigenvalue weighted by Gasteiger charge is 2.29. The van der Waals surface area contributed by atoms with Gasteiger partial charge in [-0.05, 0) is 39.7 Å². The SMILES string of the molecule is NCC(c1cccnc1)S(=O)(=O)c1ccc(Br)s1. The van der Waals surface area contributed by atoms with Gasteiger partial charge in [0, 0.05) is 18.9 Å². The predicted octanol–water partition coefficient (Wildman–Crippen LogP) is 2.38. The van der Waals surface area contributed by atoms with Gasteiger partial charge in [-0.3, -0.25) is 4.98 Å². The van der Waals surface area contributed by atoms with Gasteiger partial charge in [0.05, 0.1) is 3.79 Å². The second-order valence-corrected chi connectivity index (χ2v) is 8.43. The van der Waals surface area contributed by atoms with E-state index in [1.807, 2.05) is 0 Å². The van der Waals surface area contributed by atoms with Crippen molar-refractivity contribution in [2.24, 2.45) is 5.73 Å². The molecule has 0 fully saturated rings. The zero-order valence-corrected chi connectivity index (χ0v) is 12.5. The van der Waals surface area contributed by atoms with Gasteiger partial charge in [0.2, 0.25) is 0 Å². The van der Waals surface area contributed by atoms with Crippen LogP contribution in [0.25, 0.3) is 0 Å². The molecule has 0 radical (unpaired) electrons. The van der Waals surface area contributed by atoms with Gasteiger partial charge < -0.3 is 5.73 Å². The summed E-state index contributed by atoms with van der Waals surface area (Å²) < 4.78 is 26.0. The van der Waals surface area contributed by atoms with E-state index in [0.717, 1.165) is 3.79 Å². The van der Waals surface area contributed by atoms with Gasteiger partial charge >= 0.3 is 0 Å². The lowest BCUT2D eigenvalue weighted by molar-refractivity contribution is 0.584. The van der Waals surface area contributed by atoms with Gasteiger partial charge in [0.25, 0.3) is 0 Å². The van der Waals surface area contributed by atoms with E-state index in [-0.39, 0.29) is 6.54 Å². The quantitative estimate of drug-likeness (QED) is 0.922. The first kappa shape index (κ1) is 13.7. The molecule has 0 bridgehead atoms. The number of rotatable bonds is 4. The first-order chi connectivity index (χ1) is 8.55. The first-order valence-corrected chi connectivity index (χ1v) is 8.30. The van der Waals surface area contributed by atoms with Crippen molar-refractivity contribution < 1.29 is 8.42 Å². The Labute approximate surface area is 118 Å². The molecular formula is C11H11BrN2O2S2. The van der Waals surface area contributed by atoms with Crippen LogP contribution in [-0.2, 0) is 9.84 Å². The van der Waals surface area contributed by atoms with Crippen LogP contribution in [0.2, 0.25) is 0 Å². The Morgan fingerprint density at radius 1 is 1.39 bits per heavy atom. The average molecular weight is 347 g/mol. The third-order valence-corrected chi connectivity index (χ3v) is 6.75. The molecule has 2 N–H and O–H groups in total. The molecule has 0 aliphatic carbocycles. The fourth-order valence-corrected chi connectivity index (χ4v) is 5.41. The molecule has 0 spiro atoms. The van der Waals surface area contributed by atoms with Crippen LogP contribution in [0.3, 0.4) is 0 Å². The highest BCUT2D eigenvalue weighted by Crippen LogP contribution is 2.33. The molecule has 96 valence electrons. The number of halogens is 1. The molecule has 0 amide bonds. The van der Waals surface area contributed by atoms with E-state index < -0.39 is 15.1 Å². The van der Waals surface area contributed by atoms with Crippen LogP contribution in [-0.4, -0.2) is 19.9 Å². The molecule has 1 atom stereocenters. The minimum atomic E-state index is -3.46. The third-order valence-electron chi connectivity index (χ3n) is 2.47. The summed E-state index contributed by atoms with van der Waals surface area (Å²) in [6.45, 7) is 0.0313. The second-order valence-electron chi connectivity index (χ2n) is 3.61. The van der Waals surface area contributed by atoms with Crippen molar-refractivity contribution in [3.63, 3.8) is 0 Å². The van der Waals surface area contributed by atoms with Gasteiger partial charge in [-0.25, -0.2) is 8.42 Å². The molecule has 1 unspecified atom stereocenters. The largest absolute Gasteiger partial charge is 0.329 e. The summed E-state index contributed by atoms with van der Waals surface area (Å²) in [6.07, 6.45) is 3.14. The van der Waals surface area contributed by atoms with E-state index in [4.69, 9.17) is 5.73 Å². The minimum absolute atomic E-state index is 0.0313. The molecular weight excluding hydrogens is 336 g/mol. The maximum Gasteiger partial charge on any atom is 0.196 e. The van der Waals surface area contributed by atoms with Crippen molar-refractivity contribution in [3.05, 3.63) is 46.0 Å². The van der Waals surface area contributed by atoms with E-state index in [1.165, 1.54) is 17.5 Å². The molecule has 0 aliphatic rings. The van der Waals surface area contributed by atoms with E-state index in [0.29, 0.717) is 9.77 Å². The molecule has 0 aliphatic heterocycles. The molecule has 4 nitrogen and oxygen atoms in total. The van der Waals surface area contributed by atoms with Crippen LogP contribution in [0.5, 0.6) is 0 Å². The van der Waals surface area contributed by atoms with Crippen molar-refractivity contribution in [3.8, 4) is 0 Å². The van der Waals surface area contributed by atoms with Crippen molar-refractivity contribution in [1.82, 2.24) is 4.98 Å². The van der Waals surface area contributed by atoms with Gasteiger partial charge in [0.1, 0.15) is 9.46 Å². The topological polar surface area (TPSA) is 73.0 Å². The van der Waals surface area contributed by atoms with Crippen LogP contribution < -0.4 is 5.73 Å². The van der Waals surface area contributed by atoms with Gasteiger partial charge in [-0.1, -0.05) is 6.07 Å². The maximum atomic E-state index is 12.5. The summed E-state index contributed by atoms with van der Waals surface area (Å²) >= 11 is 4.45. The van der Waals surface area contributed by atoms with Crippen molar-refractivity contribution in [2.75, 3.05) is 6.54 Å². The molecule has 18 heavy (non-hydrogen) atoms. The Hall–Kier alpha value is -0.760. The fraction of sp³-hybridized carbons (Fsp3) is 0.182. The Morgan fingerprint density at radius 3 is 2.67 bits per heavy atom. The molecule has 2 rings (SSSR count). The minimum Gasteiger partial charge on any atom is -0.329 e. The van der Waals surface area contributed by atoms with Crippen LogP contribution in [0.15, 0.2) is 44.7 Å². The standard InChI is InChI=1S/C11H11BrN2O2S2/c12-10-3-4-11(17-10)18(15,16)9(6-13)8-2-1-5-14-7-8/h1-5,7,9H,6,13H2. The number of nitrogens with two attached hydrogens (primary N) is 1. The number of sulfone groups is 1. The number of hydrogen-bond acceptors (Lipinski definition) is 5. The Kier molecular flexibility index (Phi) is 4.16. The number of aromatic nitrogens is 1. The third kappa shape index (κ3) is 2.64. The normalized spacial score (nSPS) is 13.4. The molecule has 2 aromatic heterocycles. The summed E-state index contributed by atoms with van der Waals surface area (Å²) in [6, 6.07) is 6.74. The van der Waals surface area contributed by atoms with Gasteiger partial charge in [-0.2, -0.15) is 0 Å². The Balaban J connectivity index is 2.45. The van der Waals surface area contributed by atoms with Crippen molar-refractivity contribution >= 4 is 37.1 Å². The lowest BCUT2D eigenvalue weighted by atomic mass is 10.2. The van der Waals surface area contributed by atoms with E-state index in [1.54, 1.807) is 30.5 Å². The molecule has 0 saturated carbocycles. The van der Waals surface area contributed by atoms with E-state index >= 15 is 0 Å². The fourth-order valence-electron chi connectivity index (χ4n) is 1.60. The van der Waals surface area contributed by atoms with Gasteiger partial charge in [0.15, 0.2) is 9.84 Å². The second kappa shape index (κ2) is 5.48. The van der Waals surface area contributed by atoms with Gasteiger partial charge in [-0.15, -0.1) is 11.3 Å². The number of nitrogens with zero attached hydrogens (tertiary/aromatic N) is 1. The monoisotopic (exact) mass is 346 g/mol. The van der Waals surface area contributed by atoms with Crippen LogP contribution in [0, 0.1) is 0 Å². The van der Waals surface area contributed by atoms with Crippen molar-refractivity contribution in [1.29, 1.82) is 0 Å². The van der Waals surface area contributed by atoms with Crippen molar-refractivity contribution in [2.45, 2.75) is 9.46 Å². The average Bonchev–Trinajstić information content (AvgIpc) is 2.78. The zero-order chi connectivity index (χ0) is 13.2. The summed E-state index contributed by atoms with van der Waals surface area (Å²) in [5, 5.41) is -0.753. The molecule has 2 aromatic rings. The maximum absolute atomic E-state index is 12.5. The zero-order valence-electron chi connectivity index (χ0n) is 9.28. The number of hydrogen-bond donors (Lipinski definition) is 1. The Morgan fingerprint density at radius 2 is 2.17 bits per heavy atom. The first-order valence-electron chi connectivity index (χ1n) is 5.15. The lowest BCUT2D eigenvalue weighted by Crippen LogP contribution is -2.21. The summed E-state index contributed by atoms with van der Waals surface area (Å²) in [4.78, 5) is 3.94. The summed E-state index contributed by atoms with van der Waals surface area (Å²) in [5.41, 5.74) is 6.24. The lowest BCUT2D eigenvalue weighted by Gasteiger charge is -2.14. The predicted molar refractivity (Wildman–Crippen MR) is 75.2 cm³/mol. The number of pyridine rings is 1. The summed E-state index contributed by atoms with van der Waals surface area (Å²) in [5.74, 6) is 0. The molecule has 7 heteroatoms. The van der Waals surface area contributed by atoms with Crippen LogP contribution >= 0.6 is 27.3 Å². The summed E-state index contributed by atoms with van der Waals surface area (Å²) in [7, 11) is -3.46. The highest BCUT2D eigenvalue weighted by molar-refractivity contribution is 9.11. The van der Waals surface area contributed by atoms with Crippen LogP contribution in [0.1, 0.15) is 10.8 Å². The Bertz CT molecular complexity index is 626. The van der Waals surface area contributed by atoms with Crippen LogP contribution in [0.4, 0.5) is 0 Å². The molecule has 0 aromatic carbocycles. The smallest absolute Gasteiger partial charge is 0.196 e. The van der Waals surface area contributed by atoms with E-state index in [9.17, 15) is 8.42 Å². The number of thiophene rings is 1. The molecule has 0 saturated heterocycles.